The van der Waals surface area contributed by atoms with Crippen LogP contribution in [-0.2, 0) is 0 Å². The molecule has 1 radical (unpaired) electrons. The highest BCUT2D eigenvalue weighted by molar-refractivity contribution is 5.81. The molecule has 0 aromatic heterocycles. The second kappa shape index (κ2) is 3.25. The van der Waals surface area contributed by atoms with Crippen molar-refractivity contribution in [2.45, 2.75) is 26.7 Å². The van der Waals surface area contributed by atoms with E-state index in [-0.39, 0.29) is 0 Å². The second-order valence-electron chi connectivity index (χ2n) is 3.26. The number of para-hydroxylation sites is 1. The highest BCUT2D eigenvalue weighted by atomic mass is 14.9. The van der Waals surface area contributed by atoms with E-state index in [1.165, 1.54) is 16.8 Å². The molecule has 0 aliphatic carbocycles. The van der Waals surface area contributed by atoms with Crippen LogP contribution in [0.5, 0.6) is 0 Å². The maximum Gasteiger partial charge on any atom is 0.0708 e. The minimum Gasteiger partial charge on any atom is -0.253 e. The molecule has 0 spiro atoms. The van der Waals surface area contributed by atoms with Gasteiger partial charge in [0.1, 0.15) is 0 Å². The van der Waals surface area contributed by atoms with Crippen LogP contribution in [0, 0.1) is 0 Å². The highest BCUT2D eigenvalue weighted by Gasteiger charge is 2.18. The highest BCUT2D eigenvalue weighted by Crippen LogP contribution is 2.36. The van der Waals surface area contributed by atoms with Gasteiger partial charge in [0.15, 0.2) is 0 Å². The fraction of sp³-hybridized carbons (Fsp3) is 0.333. The molecule has 0 unspecified atom stereocenters. The quantitative estimate of drug-likeness (QED) is 0.648. The van der Waals surface area contributed by atoms with Gasteiger partial charge in [0, 0.05) is 11.3 Å². The lowest BCUT2D eigenvalue weighted by Gasteiger charge is -1.99. The molecule has 1 heteroatoms. The first-order valence-corrected chi connectivity index (χ1v) is 4.90. The third kappa shape index (κ3) is 1.24. The molecule has 1 aliphatic rings. The minimum absolute atomic E-state index is 1.04. The van der Waals surface area contributed by atoms with Crippen molar-refractivity contribution in [3.8, 4) is 0 Å². The van der Waals surface area contributed by atoms with Crippen molar-refractivity contribution in [2.24, 2.45) is 0 Å². The van der Waals surface area contributed by atoms with E-state index >= 15 is 0 Å². The number of hydrogen-bond acceptors (Lipinski definition) is 0. The average molecular weight is 172 g/mol. The maximum atomic E-state index is 4.60. The van der Waals surface area contributed by atoms with Gasteiger partial charge in [-0.05, 0) is 24.5 Å². The van der Waals surface area contributed by atoms with Crippen molar-refractivity contribution in [2.75, 3.05) is 0 Å². The molecule has 0 saturated heterocycles. The van der Waals surface area contributed by atoms with Crippen LogP contribution in [0.15, 0.2) is 30.0 Å². The van der Waals surface area contributed by atoms with Gasteiger partial charge < -0.3 is 0 Å². The second-order valence-corrected chi connectivity index (χ2v) is 3.26. The average Bonchev–Trinajstić information content (AvgIpc) is 2.55. The monoisotopic (exact) mass is 172 g/mol. The molecule has 0 atom stereocenters. The van der Waals surface area contributed by atoms with E-state index in [1.54, 1.807) is 0 Å². The van der Waals surface area contributed by atoms with Crippen molar-refractivity contribution in [1.82, 2.24) is 5.32 Å². The van der Waals surface area contributed by atoms with E-state index in [2.05, 4.69) is 37.4 Å². The molecule has 1 aromatic carbocycles. The number of rotatable bonds is 2. The van der Waals surface area contributed by atoms with E-state index in [4.69, 9.17) is 0 Å². The third-order valence-corrected chi connectivity index (χ3v) is 2.52. The summed E-state index contributed by atoms with van der Waals surface area (Å²) >= 11 is 0. The zero-order valence-electron chi connectivity index (χ0n) is 8.17. The van der Waals surface area contributed by atoms with E-state index in [9.17, 15) is 0 Å². The lowest BCUT2D eigenvalue weighted by Crippen LogP contribution is -1.90. The van der Waals surface area contributed by atoms with Crippen molar-refractivity contribution in [3.05, 3.63) is 35.5 Å². The van der Waals surface area contributed by atoms with E-state index in [0.29, 0.717) is 0 Å². The zero-order chi connectivity index (χ0) is 9.26. The number of hydrogen-bond donors (Lipinski definition) is 0. The Kier molecular flexibility index (Phi) is 2.09. The lowest BCUT2D eigenvalue weighted by atomic mass is 10.0. The molecule has 0 bridgehead atoms. The molecule has 1 aromatic rings. The first-order valence-electron chi connectivity index (χ1n) is 4.90. The van der Waals surface area contributed by atoms with E-state index in [1.807, 2.05) is 6.07 Å². The van der Waals surface area contributed by atoms with Crippen molar-refractivity contribution in [1.29, 1.82) is 0 Å². The molecule has 1 nitrogen and oxygen atoms in total. The lowest BCUT2D eigenvalue weighted by molar-refractivity contribution is 0.957. The summed E-state index contributed by atoms with van der Waals surface area (Å²) in [6.07, 6.45) is 2.13. The number of nitrogens with zero attached hydrogens (tertiary/aromatic N) is 1. The summed E-state index contributed by atoms with van der Waals surface area (Å²) in [6.45, 7) is 4.36. The summed E-state index contributed by atoms with van der Waals surface area (Å²) in [6, 6.07) is 8.39. The molecular formula is C12H14N. The van der Waals surface area contributed by atoms with Crippen LogP contribution < -0.4 is 5.32 Å². The van der Waals surface area contributed by atoms with Crippen LogP contribution in [0.25, 0.3) is 5.57 Å². The van der Waals surface area contributed by atoms with Gasteiger partial charge in [-0.2, -0.15) is 0 Å². The van der Waals surface area contributed by atoms with Crippen LogP contribution in [0.1, 0.15) is 32.3 Å². The summed E-state index contributed by atoms with van der Waals surface area (Å²) in [7, 11) is 0. The van der Waals surface area contributed by atoms with Crippen LogP contribution in [0.4, 0.5) is 5.69 Å². The third-order valence-electron chi connectivity index (χ3n) is 2.52. The Bertz CT molecular complexity index is 350. The Morgan fingerprint density at radius 3 is 2.54 bits per heavy atom. The van der Waals surface area contributed by atoms with Crippen LogP contribution in [0.2, 0.25) is 0 Å². The number of benzene rings is 1. The molecule has 13 heavy (non-hydrogen) atoms. The van der Waals surface area contributed by atoms with Gasteiger partial charge >= 0.3 is 0 Å². The number of fused-ring (bicyclic) bond motifs is 1. The van der Waals surface area contributed by atoms with Crippen molar-refractivity contribution < 1.29 is 0 Å². The standard InChI is InChI=1S/C12H14N/c1-3-9-10-7-5-6-8-12(10)13-11(9)4-2/h5-8H,3-4H2,1-2H3. The first kappa shape index (κ1) is 8.36. The SMILES string of the molecule is CCC1=C(CC)c2ccccc2[N]1. The summed E-state index contributed by atoms with van der Waals surface area (Å²) in [5.74, 6) is 0. The smallest absolute Gasteiger partial charge is 0.0708 e. The molecular weight excluding hydrogens is 158 g/mol. The molecule has 2 rings (SSSR count). The van der Waals surface area contributed by atoms with Crippen LogP contribution in [0.3, 0.4) is 0 Å². The van der Waals surface area contributed by atoms with E-state index in [0.717, 1.165) is 18.5 Å². The Morgan fingerprint density at radius 1 is 1.08 bits per heavy atom. The van der Waals surface area contributed by atoms with Gasteiger partial charge in [-0.3, -0.25) is 5.32 Å². The van der Waals surface area contributed by atoms with Crippen LogP contribution >= 0.6 is 0 Å². The summed E-state index contributed by atoms with van der Waals surface area (Å²) < 4.78 is 0. The molecule has 0 saturated carbocycles. The maximum absolute atomic E-state index is 4.60. The van der Waals surface area contributed by atoms with Crippen molar-refractivity contribution >= 4 is 11.3 Å². The van der Waals surface area contributed by atoms with Gasteiger partial charge in [0.2, 0.25) is 0 Å². The fourth-order valence-electron chi connectivity index (χ4n) is 1.88. The molecule has 1 aliphatic heterocycles. The van der Waals surface area contributed by atoms with Gasteiger partial charge in [0.25, 0.3) is 0 Å². The minimum atomic E-state index is 1.04. The van der Waals surface area contributed by atoms with Gasteiger partial charge in [0.05, 0.1) is 5.69 Å². The molecule has 0 N–H and O–H groups in total. The van der Waals surface area contributed by atoms with Gasteiger partial charge in [-0.1, -0.05) is 32.0 Å². The Morgan fingerprint density at radius 2 is 1.85 bits per heavy atom. The topological polar surface area (TPSA) is 14.1 Å². The fourth-order valence-corrected chi connectivity index (χ4v) is 1.88. The first-order chi connectivity index (χ1) is 6.36. The summed E-state index contributed by atoms with van der Waals surface area (Å²) in [5.41, 5.74) is 5.18. The molecule has 0 amide bonds. The Labute approximate surface area is 79.5 Å². The normalized spacial score (nSPS) is 14.3. The van der Waals surface area contributed by atoms with Gasteiger partial charge in [-0.15, -0.1) is 0 Å². The van der Waals surface area contributed by atoms with Crippen LogP contribution in [-0.4, -0.2) is 0 Å². The molecule has 0 fully saturated rings. The predicted molar refractivity (Wildman–Crippen MR) is 55.7 cm³/mol. The molecule has 67 valence electrons. The Balaban J connectivity index is 2.48. The molecule has 1 heterocycles. The number of allylic oxidation sites excluding steroid dienone is 2. The van der Waals surface area contributed by atoms with Crippen molar-refractivity contribution in [3.63, 3.8) is 0 Å². The largest absolute Gasteiger partial charge is 0.253 e. The van der Waals surface area contributed by atoms with E-state index < -0.39 is 0 Å². The predicted octanol–water partition coefficient (Wildman–Crippen LogP) is 3.47. The summed E-state index contributed by atoms with van der Waals surface area (Å²) in [5, 5.41) is 4.60. The van der Waals surface area contributed by atoms with Gasteiger partial charge in [-0.25, -0.2) is 0 Å². The zero-order valence-corrected chi connectivity index (χ0v) is 8.17. The summed E-state index contributed by atoms with van der Waals surface area (Å²) in [4.78, 5) is 0. The Hall–Kier alpha value is -1.24.